The maximum atomic E-state index is 12.3. The van der Waals surface area contributed by atoms with E-state index in [1.807, 2.05) is 36.5 Å². The molecule has 0 bridgehead atoms. The number of carbonyl (C=O) groups excluding carboxylic acids is 1. The molecular formula is C16H14ClN4O2S. The Hall–Kier alpha value is -2.64. The van der Waals surface area contributed by atoms with Gasteiger partial charge in [-0.1, -0.05) is 24.3 Å². The monoisotopic (exact) mass is 361 g/mol. The van der Waals surface area contributed by atoms with Crippen molar-refractivity contribution in [2.24, 2.45) is 0 Å². The fraction of sp³-hybridized carbons (Fsp3) is 0. The van der Waals surface area contributed by atoms with Crippen molar-refractivity contribution in [3.05, 3.63) is 71.1 Å². The molecule has 0 saturated heterocycles. The minimum absolute atomic E-state index is 0. The lowest BCUT2D eigenvalue weighted by Gasteiger charge is -2.11. The van der Waals surface area contributed by atoms with Crippen LogP contribution in [-0.2, 0) is 0 Å². The molecule has 8 heteroatoms. The first-order valence-electron chi connectivity index (χ1n) is 6.83. The van der Waals surface area contributed by atoms with Gasteiger partial charge in [0.25, 0.3) is 0 Å². The number of anilines is 1. The van der Waals surface area contributed by atoms with E-state index in [9.17, 15) is 10.0 Å². The summed E-state index contributed by atoms with van der Waals surface area (Å²) in [6.45, 7) is 0. The van der Waals surface area contributed by atoms with Crippen molar-refractivity contribution in [1.82, 2.24) is 15.2 Å². The van der Waals surface area contributed by atoms with E-state index in [0.29, 0.717) is 11.3 Å². The molecule has 2 aromatic rings. The number of benzene rings is 2. The number of hydrogen-bond acceptors (Lipinski definition) is 5. The van der Waals surface area contributed by atoms with Gasteiger partial charge in [-0.3, -0.25) is 4.79 Å². The second-order valence-electron chi connectivity index (χ2n) is 4.69. The van der Waals surface area contributed by atoms with E-state index >= 15 is 0 Å². The maximum absolute atomic E-state index is 12.3. The number of carbonyl (C=O) groups is 1. The summed E-state index contributed by atoms with van der Waals surface area (Å²) in [6, 6.07) is 14.3. The van der Waals surface area contributed by atoms with E-state index < -0.39 is 5.91 Å². The van der Waals surface area contributed by atoms with E-state index in [2.05, 4.69) is 20.5 Å². The summed E-state index contributed by atoms with van der Waals surface area (Å²) < 4.78 is 3.01. The molecule has 0 atom stereocenters. The number of amides is 1. The Morgan fingerprint density at radius 3 is 2.71 bits per heavy atom. The molecule has 1 aliphatic heterocycles. The first-order chi connectivity index (χ1) is 11.3. The number of guanidine groups is 1. The zero-order chi connectivity index (χ0) is 16.1. The SMILES string of the molecule is Cl.O=C(NC(=[N+][O-])Nc1ccccc1)c1ccc2c(c1)SNC=C2. The third kappa shape index (κ3) is 4.21. The van der Waals surface area contributed by atoms with Crippen molar-refractivity contribution in [2.75, 3.05) is 5.32 Å². The highest BCUT2D eigenvalue weighted by Crippen LogP contribution is 2.26. The van der Waals surface area contributed by atoms with Crippen LogP contribution in [0, 0.1) is 5.21 Å². The molecule has 2 aromatic carbocycles. The fourth-order valence-electron chi connectivity index (χ4n) is 2.04. The van der Waals surface area contributed by atoms with Crippen molar-refractivity contribution < 1.29 is 4.79 Å². The number of hydrogen-bond donors (Lipinski definition) is 3. The van der Waals surface area contributed by atoms with Gasteiger partial charge in [0.2, 0.25) is 0 Å². The summed E-state index contributed by atoms with van der Waals surface area (Å²) in [5.74, 6) is -0.550. The van der Waals surface area contributed by atoms with Crippen LogP contribution in [0.4, 0.5) is 5.69 Å². The standard InChI is InChI=1S/C16H13N4O2S.ClH/c21-15(12-7-6-11-8-9-17-23-14(11)10-12)19-16(20-22)18-13-4-2-1-3-5-13;/h1-10,18H,(H2-,17,19,21,22);1H. The van der Waals surface area contributed by atoms with Crippen LogP contribution in [0.5, 0.6) is 0 Å². The molecule has 3 N–H and O–H groups in total. The highest BCUT2D eigenvalue weighted by molar-refractivity contribution is 7.97. The highest BCUT2D eigenvalue weighted by atomic mass is 35.5. The number of halogens is 1. The first-order valence-corrected chi connectivity index (χ1v) is 7.64. The lowest BCUT2D eigenvalue weighted by molar-refractivity contribution is 0.0976. The molecule has 1 aliphatic rings. The van der Waals surface area contributed by atoms with Gasteiger partial charge in [-0.25, -0.2) is 10.6 Å². The van der Waals surface area contributed by atoms with Gasteiger partial charge in [0.15, 0.2) is 0 Å². The van der Waals surface area contributed by atoms with Gasteiger partial charge in [-0.15, -0.1) is 17.6 Å². The van der Waals surface area contributed by atoms with Crippen LogP contribution >= 0.6 is 24.4 Å². The van der Waals surface area contributed by atoms with E-state index in [4.69, 9.17) is 0 Å². The van der Waals surface area contributed by atoms with Crippen LogP contribution in [0.3, 0.4) is 0 Å². The summed E-state index contributed by atoms with van der Waals surface area (Å²) in [5.41, 5.74) is 2.15. The van der Waals surface area contributed by atoms with Crippen LogP contribution in [0.1, 0.15) is 15.9 Å². The third-order valence-corrected chi connectivity index (χ3v) is 3.96. The molecule has 1 amide bonds. The Bertz CT molecular complexity index is 781. The maximum Gasteiger partial charge on any atom is 0.393 e. The van der Waals surface area contributed by atoms with Gasteiger partial charge in [0.05, 0.1) is 11.3 Å². The van der Waals surface area contributed by atoms with Gasteiger partial charge in [0.1, 0.15) is 0 Å². The van der Waals surface area contributed by atoms with Crippen LogP contribution < -0.4 is 20.5 Å². The molecule has 0 unspecified atom stereocenters. The lowest BCUT2D eigenvalue weighted by atomic mass is 10.1. The van der Waals surface area contributed by atoms with E-state index in [1.54, 1.807) is 24.3 Å². The molecule has 0 saturated carbocycles. The van der Waals surface area contributed by atoms with Gasteiger partial charge in [0, 0.05) is 11.1 Å². The van der Waals surface area contributed by atoms with Gasteiger partial charge < -0.3 is 9.93 Å². The molecule has 123 valence electrons. The number of fused-ring (bicyclic) bond motifs is 1. The van der Waals surface area contributed by atoms with E-state index in [1.165, 1.54) is 11.9 Å². The summed E-state index contributed by atoms with van der Waals surface area (Å²) >= 11 is 1.42. The summed E-state index contributed by atoms with van der Waals surface area (Å²) in [4.78, 5) is 13.2. The van der Waals surface area contributed by atoms with Gasteiger partial charge >= 0.3 is 11.9 Å². The normalized spacial score (nSPS) is 12.4. The smallest absolute Gasteiger partial charge is 0.393 e. The second kappa shape index (κ2) is 8.28. The van der Waals surface area contributed by atoms with Crippen molar-refractivity contribution >= 4 is 48.0 Å². The highest BCUT2D eigenvalue weighted by Gasteiger charge is 2.17. The Kier molecular flexibility index (Phi) is 6.11. The average molecular weight is 362 g/mol. The molecule has 6 nitrogen and oxygen atoms in total. The van der Waals surface area contributed by atoms with Gasteiger partial charge in [-0.2, -0.15) is 0 Å². The van der Waals surface area contributed by atoms with Crippen LogP contribution in [0.25, 0.3) is 6.08 Å². The predicted octanol–water partition coefficient (Wildman–Crippen LogP) is 2.72. The Morgan fingerprint density at radius 1 is 1.17 bits per heavy atom. The fourth-order valence-corrected chi connectivity index (χ4v) is 2.74. The van der Waals surface area contributed by atoms with E-state index in [0.717, 1.165) is 10.5 Å². The second-order valence-corrected chi connectivity index (χ2v) is 5.57. The quantitative estimate of drug-likeness (QED) is 0.251. The van der Waals surface area contributed by atoms with Crippen molar-refractivity contribution in [3.8, 4) is 0 Å². The Balaban J connectivity index is 0.00000208. The number of para-hydroxylation sites is 1. The Morgan fingerprint density at radius 2 is 1.96 bits per heavy atom. The first kappa shape index (κ1) is 17.7. The third-order valence-electron chi connectivity index (χ3n) is 3.14. The molecule has 0 aliphatic carbocycles. The number of rotatable bonds is 2. The van der Waals surface area contributed by atoms with Crippen LogP contribution in [-0.4, -0.2) is 11.9 Å². The molecular weight excluding hydrogens is 348 g/mol. The zero-order valence-corrected chi connectivity index (χ0v) is 14.0. The topological polar surface area (TPSA) is 90.3 Å². The molecule has 0 fully saturated rings. The lowest BCUT2D eigenvalue weighted by Crippen LogP contribution is -2.38. The Labute approximate surface area is 149 Å². The minimum Gasteiger partial charge on any atom is -0.712 e. The number of nitrogens with zero attached hydrogens (tertiary/aromatic N) is 1. The molecule has 0 aromatic heterocycles. The summed E-state index contributed by atoms with van der Waals surface area (Å²) in [6.07, 6.45) is 3.76. The van der Waals surface area contributed by atoms with Crippen molar-refractivity contribution in [3.63, 3.8) is 0 Å². The summed E-state index contributed by atoms with van der Waals surface area (Å²) in [7, 11) is 0. The average Bonchev–Trinajstić information content (AvgIpc) is 2.61. The minimum atomic E-state index is -0.402. The van der Waals surface area contributed by atoms with Gasteiger partial charge in [-0.05, 0) is 47.9 Å². The number of nitrogens with one attached hydrogen (secondary N) is 3. The molecule has 1 radical (unpaired) electrons. The van der Waals surface area contributed by atoms with Crippen molar-refractivity contribution in [1.29, 1.82) is 0 Å². The summed E-state index contributed by atoms with van der Waals surface area (Å²) in [5, 5.41) is 19.0. The molecule has 24 heavy (non-hydrogen) atoms. The van der Waals surface area contributed by atoms with Crippen LogP contribution in [0.15, 0.2) is 59.6 Å². The largest absolute Gasteiger partial charge is 0.712 e. The predicted molar refractivity (Wildman–Crippen MR) is 99.8 cm³/mol. The zero-order valence-electron chi connectivity index (χ0n) is 12.4. The molecule has 3 rings (SSSR count). The molecule has 1 heterocycles. The van der Waals surface area contributed by atoms with Crippen molar-refractivity contribution in [2.45, 2.75) is 4.90 Å². The molecule has 0 spiro atoms. The van der Waals surface area contributed by atoms with Crippen LogP contribution in [0.2, 0.25) is 0 Å². The van der Waals surface area contributed by atoms with E-state index in [-0.39, 0.29) is 18.4 Å².